The van der Waals surface area contributed by atoms with E-state index in [4.69, 9.17) is 5.73 Å². The summed E-state index contributed by atoms with van der Waals surface area (Å²) in [6.45, 7) is 4.29. The fourth-order valence-electron chi connectivity index (χ4n) is 4.71. The third kappa shape index (κ3) is 3.74. The van der Waals surface area contributed by atoms with Gasteiger partial charge in [-0.3, -0.25) is 9.69 Å². The Morgan fingerprint density at radius 2 is 1.96 bits per heavy atom. The van der Waals surface area contributed by atoms with Gasteiger partial charge in [0.15, 0.2) is 0 Å². The first-order chi connectivity index (χ1) is 13.6. The highest BCUT2D eigenvalue weighted by atomic mass is 16.3. The van der Waals surface area contributed by atoms with Crippen LogP contribution in [-0.2, 0) is 6.54 Å². The molecule has 1 atom stereocenters. The van der Waals surface area contributed by atoms with Gasteiger partial charge in [-0.1, -0.05) is 0 Å². The first-order valence-corrected chi connectivity index (χ1v) is 9.91. The van der Waals surface area contributed by atoms with Crippen LogP contribution in [0.1, 0.15) is 35.2 Å². The summed E-state index contributed by atoms with van der Waals surface area (Å²) in [6, 6.07) is 1.81. The van der Waals surface area contributed by atoms with Crippen LogP contribution in [0.15, 0.2) is 30.9 Å². The Bertz CT molecular complexity index is 784. The monoisotopic (exact) mass is 384 g/mol. The average molecular weight is 384 g/mol. The molecule has 150 valence electrons. The highest BCUT2D eigenvalue weighted by Crippen LogP contribution is 2.45. The summed E-state index contributed by atoms with van der Waals surface area (Å²) in [4.78, 5) is 28.0. The molecule has 0 radical (unpaired) electrons. The second-order valence-electron chi connectivity index (χ2n) is 8.07. The molecule has 0 unspecified atom stereocenters. The molecule has 0 aliphatic carbocycles. The normalized spacial score (nSPS) is 22.5. The molecule has 2 aromatic heterocycles. The zero-order chi connectivity index (χ0) is 19.6. The summed E-state index contributed by atoms with van der Waals surface area (Å²) < 4.78 is 0. The third-order valence-electron chi connectivity index (χ3n) is 6.52. The van der Waals surface area contributed by atoms with Crippen LogP contribution in [0, 0.1) is 11.3 Å². The van der Waals surface area contributed by atoms with E-state index >= 15 is 0 Å². The lowest BCUT2D eigenvalue weighted by atomic mass is 9.64. The number of carbonyl (C=O) groups excluding carboxylic acids is 1. The van der Waals surface area contributed by atoms with Crippen LogP contribution in [0.2, 0.25) is 0 Å². The van der Waals surface area contributed by atoms with Gasteiger partial charge in [0.1, 0.15) is 0 Å². The number of hydrogen-bond acceptors (Lipinski definition) is 6. The molecule has 1 spiro atoms. The van der Waals surface area contributed by atoms with E-state index in [-0.39, 0.29) is 23.8 Å². The number of rotatable bonds is 4. The third-order valence-corrected chi connectivity index (χ3v) is 6.52. The van der Waals surface area contributed by atoms with E-state index in [2.05, 4.69) is 19.9 Å². The van der Waals surface area contributed by atoms with E-state index < -0.39 is 0 Å². The molecule has 0 bridgehead atoms. The number of nitrogens with two attached hydrogens (primary N) is 1. The van der Waals surface area contributed by atoms with Crippen molar-refractivity contribution in [3.63, 3.8) is 0 Å². The van der Waals surface area contributed by atoms with Crippen LogP contribution < -0.4 is 5.73 Å². The maximum absolute atomic E-state index is 12.7. The Morgan fingerprint density at radius 1 is 1.25 bits per heavy atom. The van der Waals surface area contributed by atoms with E-state index in [1.807, 2.05) is 4.90 Å². The van der Waals surface area contributed by atoms with Crippen molar-refractivity contribution in [3.05, 3.63) is 42.0 Å². The molecule has 0 aromatic carbocycles. The largest absolute Gasteiger partial charge is 0.396 e. The van der Waals surface area contributed by atoms with Crippen LogP contribution in [0.3, 0.4) is 0 Å². The van der Waals surface area contributed by atoms with Gasteiger partial charge in [0, 0.05) is 62.5 Å². The molecule has 4 heterocycles. The molecular formula is C20H28N6O2. The summed E-state index contributed by atoms with van der Waals surface area (Å²) in [5.41, 5.74) is 7.43. The van der Waals surface area contributed by atoms with Crippen LogP contribution in [0.4, 0.5) is 5.95 Å². The number of aliphatic hydroxyl groups is 1. The highest BCUT2D eigenvalue weighted by molar-refractivity contribution is 5.94. The minimum atomic E-state index is 0.0512. The number of amides is 1. The van der Waals surface area contributed by atoms with Crippen molar-refractivity contribution in [2.45, 2.75) is 25.8 Å². The number of anilines is 1. The number of piperidine rings is 2. The van der Waals surface area contributed by atoms with Gasteiger partial charge in [0.25, 0.3) is 5.91 Å². The number of nitrogen functional groups attached to an aromatic ring is 1. The number of hydrogen-bond donors (Lipinski definition) is 3. The number of nitrogens with one attached hydrogen (secondary N) is 1. The molecular weight excluding hydrogens is 356 g/mol. The van der Waals surface area contributed by atoms with Gasteiger partial charge in [-0.25, -0.2) is 9.97 Å². The molecule has 0 saturated carbocycles. The number of aromatic amines is 1. The first-order valence-electron chi connectivity index (χ1n) is 9.91. The SMILES string of the molecule is Nc1ncc(CN2CCC3(CC2)CCN(C(=O)c2cc[nH]c2)C[C@H]3CO)cn1. The Labute approximate surface area is 164 Å². The number of carbonyl (C=O) groups is 1. The number of aliphatic hydroxyl groups excluding tert-OH is 1. The van der Waals surface area contributed by atoms with Gasteiger partial charge in [-0.2, -0.15) is 0 Å². The smallest absolute Gasteiger partial charge is 0.255 e. The average Bonchev–Trinajstić information content (AvgIpc) is 3.26. The molecule has 8 nitrogen and oxygen atoms in total. The summed E-state index contributed by atoms with van der Waals surface area (Å²) in [5, 5.41) is 10.1. The van der Waals surface area contributed by atoms with Crippen molar-refractivity contribution >= 4 is 11.9 Å². The number of likely N-dealkylation sites (tertiary alicyclic amines) is 2. The fourth-order valence-corrected chi connectivity index (χ4v) is 4.71. The molecule has 28 heavy (non-hydrogen) atoms. The van der Waals surface area contributed by atoms with Crippen molar-refractivity contribution in [2.24, 2.45) is 11.3 Å². The van der Waals surface area contributed by atoms with Crippen LogP contribution in [0.25, 0.3) is 0 Å². The second-order valence-corrected chi connectivity index (χ2v) is 8.07. The maximum Gasteiger partial charge on any atom is 0.255 e. The van der Waals surface area contributed by atoms with E-state index in [1.165, 1.54) is 0 Å². The number of nitrogens with zero attached hydrogens (tertiary/aromatic N) is 4. The Kier molecular flexibility index (Phi) is 5.32. The minimum Gasteiger partial charge on any atom is -0.396 e. The van der Waals surface area contributed by atoms with Gasteiger partial charge >= 0.3 is 0 Å². The Morgan fingerprint density at radius 3 is 2.61 bits per heavy atom. The molecule has 2 saturated heterocycles. The van der Waals surface area contributed by atoms with E-state index in [9.17, 15) is 9.90 Å². The zero-order valence-electron chi connectivity index (χ0n) is 16.0. The molecule has 8 heteroatoms. The predicted octanol–water partition coefficient (Wildman–Crippen LogP) is 1.12. The number of H-pyrrole nitrogens is 1. The molecule has 2 aromatic rings. The highest BCUT2D eigenvalue weighted by Gasteiger charge is 2.45. The standard InChI is InChI=1S/C20H28N6O2/c21-19-23-9-15(10-24-19)12-25-6-2-20(3-7-25)4-8-26(13-17(20)14-27)18(28)16-1-5-22-11-16/h1,5,9-11,17,22,27H,2-4,6-8,12-14H2,(H2,21,23,24)/t17-/m0/s1. The molecule has 1 amide bonds. The predicted molar refractivity (Wildman–Crippen MR) is 105 cm³/mol. The molecule has 2 aliphatic heterocycles. The summed E-state index contributed by atoms with van der Waals surface area (Å²) >= 11 is 0. The first kappa shape index (κ1) is 18.9. The van der Waals surface area contributed by atoms with Crippen LogP contribution in [-0.4, -0.2) is 68.6 Å². The topological polar surface area (TPSA) is 111 Å². The fraction of sp³-hybridized carbons (Fsp3) is 0.550. The van der Waals surface area contributed by atoms with Crippen molar-refractivity contribution in [3.8, 4) is 0 Å². The molecule has 4 N–H and O–H groups in total. The molecule has 2 fully saturated rings. The summed E-state index contributed by atoms with van der Waals surface area (Å²) in [7, 11) is 0. The van der Waals surface area contributed by atoms with Gasteiger partial charge in [0.05, 0.1) is 5.56 Å². The quantitative estimate of drug-likeness (QED) is 0.728. The lowest BCUT2D eigenvalue weighted by molar-refractivity contribution is -0.0365. The van der Waals surface area contributed by atoms with E-state index in [0.29, 0.717) is 18.1 Å². The summed E-state index contributed by atoms with van der Waals surface area (Å²) in [5.74, 6) is 0.481. The maximum atomic E-state index is 12.7. The zero-order valence-corrected chi connectivity index (χ0v) is 16.0. The van der Waals surface area contributed by atoms with Gasteiger partial charge in [0.2, 0.25) is 5.95 Å². The molecule has 2 aliphatic rings. The van der Waals surface area contributed by atoms with Crippen molar-refractivity contribution < 1.29 is 9.90 Å². The second kappa shape index (κ2) is 7.89. The minimum absolute atomic E-state index is 0.0512. The van der Waals surface area contributed by atoms with Gasteiger partial charge in [-0.05, 0) is 43.8 Å². The number of aromatic nitrogens is 3. The summed E-state index contributed by atoms with van der Waals surface area (Å²) in [6.07, 6.45) is 10.1. The van der Waals surface area contributed by atoms with Gasteiger partial charge in [-0.15, -0.1) is 0 Å². The lowest BCUT2D eigenvalue weighted by Gasteiger charge is -2.51. The van der Waals surface area contributed by atoms with Crippen LogP contribution in [0.5, 0.6) is 0 Å². The molecule has 4 rings (SSSR count). The lowest BCUT2D eigenvalue weighted by Crippen LogP contribution is -2.54. The van der Waals surface area contributed by atoms with E-state index in [1.54, 1.807) is 30.9 Å². The van der Waals surface area contributed by atoms with Crippen molar-refractivity contribution in [2.75, 3.05) is 38.5 Å². The van der Waals surface area contributed by atoms with Gasteiger partial charge < -0.3 is 20.7 Å². The van der Waals surface area contributed by atoms with Crippen LogP contribution >= 0.6 is 0 Å². The van der Waals surface area contributed by atoms with E-state index in [0.717, 1.165) is 51.0 Å². The Hall–Kier alpha value is -2.45. The Balaban J connectivity index is 1.36. The van der Waals surface area contributed by atoms with Crippen molar-refractivity contribution in [1.82, 2.24) is 24.8 Å². The van der Waals surface area contributed by atoms with Crippen molar-refractivity contribution in [1.29, 1.82) is 0 Å².